The second-order valence-electron chi connectivity index (χ2n) is 5.52. The number of rotatable bonds is 4. The van der Waals surface area contributed by atoms with Gasteiger partial charge in [0.05, 0.1) is 23.3 Å². The molecule has 0 aliphatic heterocycles. The maximum absolute atomic E-state index is 10.9. The Morgan fingerprint density at radius 2 is 1.92 bits per heavy atom. The average Bonchev–Trinajstić information content (AvgIpc) is 3.29. The molecule has 0 bridgehead atoms. The van der Waals surface area contributed by atoms with Gasteiger partial charge in [0.15, 0.2) is 17.2 Å². The van der Waals surface area contributed by atoms with Crippen LogP contribution in [0.3, 0.4) is 0 Å². The Bertz CT molecular complexity index is 1120. The molecular formula is C17H13N5O3S. The number of aryl methyl sites for hydroxylation is 1. The van der Waals surface area contributed by atoms with E-state index in [1.165, 1.54) is 12.1 Å². The lowest BCUT2D eigenvalue weighted by molar-refractivity contribution is -0.401. The largest absolute Gasteiger partial charge is 0.433 e. The van der Waals surface area contributed by atoms with Crippen molar-refractivity contribution in [3.05, 3.63) is 52.7 Å². The van der Waals surface area contributed by atoms with Crippen molar-refractivity contribution < 1.29 is 9.34 Å². The fourth-order valence-corrected chi connectivity index (χ4v) is 3.06. The summed E-state index contributed by atoms with van der Waals surface area (Å²) in [5, 5.41) is 15.9. The second-order valence-corrected chi connectivity index (χ2v) is 6.40. The lowest BCUT2D eigenvalue weighted by atomic mass is 10.1. The van der Waals surface area contributed by atoms with Gasteiger partial charge < -0.3 is 4.42 Å². The van der Waals surface area contributed by atoms with Gasteiger partial charge in [-0.3, -0.25) is 14.8 Å². The van der Waals surface area contributed by atoms with Crippen molar-refractivity contribution in [1.29, 1.82) is 0 Å². The van der Waals surface area contributed by atoms with Gasteiger partial charge in [0.25, 0.3) is 0 Å². The molecule has 0 aliphatic carbocycles. The van der Waals surface area contributed by atoms with Gasteiger partial charge in [0.1, 0.15) is 4.92 Å². The zero-order valence-electron chi connectivity index (χ0n) is 13.9. The molecule has 3 heterocycles. The number of fused-ring (bicyclic) bond motifs is 1. The van der Waals surface area contributed by atoms with Crippen LogP contribution in [0, 0.1) is 10.1 Å². The van der Waals surface area contributed by atoms with E-state index in [2.05, 4.69) is 15.1 Å². The highest BCUT2D eigenvalue weighted by Gasteiger charge is 2.19. The van der Waals surface area contributed by atoms with Gasteiger partial charge in [-0.05, 0) is 24.5 Å². The lowest BCUT2D eigenvalue weighted by Gasteiger charge is -2.06. The van der Waals surface area contributed by atoms with Crippen LogP contribution in [0.15, 0.2) is 51.9 Å². The van der Waals surface area contributed by atoms with E-state index in [1.807, 2.05) is 30.5 Å². The molecule has 26 heavy (non-hydrogen) atoms. The standard InChI is InChI=1S/C17H13N5O3S/c1-21-17-12(9-18-21)15(10-3-5-11(26-2)6-4-10)19-16(20-17)13-7-8-14(25-13)22(23)24/h3-9H,1-2H3. The minimum Gasteiger partial charge on any atom is -0.397 e. The summed E-state index contributed by atoms with van der Waals surface area (Å²) in [4.78, 5) is 20.5. The minimum atomic E-state index is -0.589. The molecule has 130 valence electrons. The molecule has 4 rings (SSSR count). The number of benzene rings is 1. The predicted octanol–water partition coefficient (Wildman–Crippen LogP) is 3.92. The van der Waals surface area contributed by atoms with Gasteiger partial charge in [-0.25, -0.2) is 9.97 Å². The predicted molar refractivity (Wildman–Crippen MR) is 97.9 cm³/mol. The van der Waals surface area contributed by atoms with Crippen molar-refractivity contribution in [1.82, 2.24) is 19.7 Å². The van der Waals surface area contributed by atoms with E-state index in [-0.39, 0.29) is 17.5 Å². The highest BCUT2D eigenvalue weighted by molar-refractivity contribution is 7.98. The van der Waals surface area contributed by atoms with E-state index in [4.69, 9.17) is 4.42 Å². The molecule has 0 spiro atoms. The van der Waals surface area contributed by atoms with Gasteiger partial charge in [-0.1, -0.05) is 12.1 Å². The fourth-order valence-electron chi connectivity index (χ4n) is 2.65. The Hall–Kier alpha value is -3.20. The summed E-state index contributed by atoms with van der Waals surface area (Å²) in [6, 6.07) is 10.8. The third-order valence-corrected chi connectivity index (χ3v) is 4.69. The molecule has 1 aromatic carbocycles. The number of nitro groups is 1. The van der Waals surface area contributed by atoms with E-state index >= 15 is 0 Å². The van der Waals surface area contributed by atoms with Gasteiger partial charge in [-0.2, -0.15) is 5.10 Å². The Kier molecular flexibility index (Phi) is 3.92. The molecule has 0 aliphatic rings. The first-order chi connectivity index (χ1) is 12.6. The van der Waals surface area contributed by atoms with Crippen LogP contribution in [0.5, 0.6) is 0 Å². The smallest absolute Gasteiger partial charge is 0.397 e. The van der Waals surface area contributed by atoms with Crippen molar-refractivity contribution in [3.8, 4) is 22.8 Å². The first-order valence-corrected chi connectivity index (χ1v) is 8.88. The van der Waals surface area contributed by atoms with E-state index in [1.54, 1.807) is 29.7 Å². The molecule has 0 fully saturated rings. The lowest BCUT2D eigenvalue weighted by Crippen LogP contribution is -1.97. The molecule has 8 nitrogen and oxygen atoms in total. The van der Waals surface area contributed by atoms with E-state index in [9.17, 15) is 10.1 Å². The van der Waals surface area contributed by atoms with Crippen LogP contribution in [0.4, 0.5) is 5.88 Å². The highest BCUT2D eigenvalue weighted by Crippen LogP contribution is 2.31. The third kappa shape index (κ3) is 2.72. The van der Waals surface area contributed by atoms with Crippen molar-refractivity contribution in [2.45, 2.75) is 4.90 Å². The number of thioether (sulfide) groups is 1. The summed E-state index contributed by atoms with van der Waals surface area (Å²) in [6.07, 6.45) is 3.72. The molecule has 3 aromatic heterocycles. The van der Waals surface area contributed by atoms with Crippen molar-refractivity contribution in [3.63, 3.8) is 0 Å². The van der Waals surface area contributed by atoms with Crippen LogP contribution in [-0.2, 0) is 7.05 Å². The maximum Gasteiger partial charge on any atom is 0.433 e. The Morgan fingerprint density at radius 1 is 1.15 bits per heavy atom. The minimum absolute atomic E-state index is 0.238. The quantitative estimate of drug-likeness (QED) is 0.306. The average molecular weight is 367 g/mol. The summed E-state index contributed by atoms with van der Waals surface area (Å²) in [7, 11) is 1.78. The van der Waals surface area contributed by atoms with Crippen LogP contribution in [0.2, 0.25) is 0 Å². The number of aromatic nitrogens is 4. The third-order valence-electron chi connectivity index (χ3n) is 3.95. The molecular weight excluding hydrogens is 354 g/mol. The molecule has 0 saturated heterocycles. The van der Waals surface area contributed by atoms with Crippen LogP contribution in [-0.4, -0.2) is 30.9 Å². The van der Waals surface area contributed by atoms with Crippen LogP contribution < -0.4 is 0 Å². The van der Waals surface area contributed by atoms with Crippen LogP contribution in [0.25, 0.3) is 33.9 Å². The summed E-state index contributed by atoms with van der Waals surface area (Å²) in [5.74, 6) is 0.166. The van der Waals surface area contributed by atoms with E-state index < -0.39 is 4.92 Å². The molecule has 0 atom stereocenters. The van der Waals surface area contributed by atoms with Gasteiger partial charge in [-0.15, -0.1) is 11.8 Å². The molecule has 0 radical (unpaired) electrons. The van der Waals surface area contributed by atoms with Crippen LogP contribution >= 0.6 is 11.8 Å². The van der Waals surface area contributed by atoms with Gasteiger partial charge >= 0.3 is 5.88 Å². The summed E-state index contributed by atoms with van der Waals surface area (Å²) >= 11 is 1.66. The van der Waals surface area contributed by atoms with E-state index in [0.717, 1.165) is 15.8 Å². The van der Waals surface area contributed by atoms with Crippen molar-refractivity contribution in [2.24, 2.45) is 7.05 Å². The van der Waals surface area contributed by atoms with Crippen molar-refractivity contribution >= 4 is 28.7 Å². The first kappa shape index (κ1) is 16.3. The first-order valence-electron chi connectivity index (χ1n) is 7.65. The Morgan fingerprint density at radius 3 is 2.58 bits per heavy atom. The SMILES string of the molecule is CSc1ccc(-c2nc(-c3ccc([N+](=O)[O-])o3)nc3c2cnn3C)cc1. The van der Waals surface area contributed by atoms with Crippen molar-refractivity contribution in [2.75, 3.05) is 6.26 Å². The summed E-state index contributed by atoms with van der Waals surface area (Å²) in [6.45, 7) is 0. The number of hydrogen-bond donors (Lipinski definition) is 0. The Labute approximate surface area is 152 Å². The number of hydrogen-bond acceptors (Lipinski definition) is 7. The monoisotopic (exact) mass is 367 g/mol. The molecule has 0 N–H and O–H groups in total. The molecule has 0 amide bonds. The molecule has 0 saturated carbocycles. The fraction of sp³-hybridized carbons (Fsp3) is 0.118. The molecule has 9 heteroatoms. The zero-order valence-corrected chi connectivity index (χ0v) is 14.7. The highest BCUT2D eigenvalue weighted by atomic mass is 32.2. The molecule has 4 aromatic rings. The summed E-state index contributed by atoms with van der Waals surface area (Å²) in [5.41, 5.74) is 2.23. The van der Waals surface area contributed by atoms with Crippen LogP contribution in [0.1, 0.15) is 0 Å². The topological polar surface area (TPSA) is 99.9 Å². The Balaban J connectivity index is 1.91. The zero-order chi connectivity index (χ0) is 18.3. The molecule has 0 unspecified atom stereocenters. The maximum atomic E-state index is 10.9. The normalized spacial score (nSPS) is 11.2. The number of nitrogens with zero attached hydrogens (tertiary/aromatic N) is 5. The van der Waals surface area contributed by atoms with Gasteiger partial charge in [0, 0.05) is 17.5 Å². The second kappa shape index (κ2) is 6.26. The van der Waals surface area contributed by atoms with E-state index in [0.29, 0.717) is 11.3 Å². The van der Waals surface area contributed by atoms with Gasteiger partial charge in [0.2, 0.25) is 0 Å². The number of furan rings is 1. The summed E-state index contributed by atoms with van der Waals surface area (Å²) < 4.78 is 6.90.